The number of anilines is 1. The number of primary amides is 1. The van der Waals surface area contributed by atoms with Crippen LogP contribution in [-0.4, -0.2) is 23.6 Å². The van der Waals surface area contributed by atoms with Crippen LogP contribution in [0.4, 0.5) is 5.69 Å². The van der Waals surface area contributed by atoms with Crippen molar-refractivity contribution in [3.63, 3.8) is 0 Å². The SMILES string of the molecule is CC(O)c1ccc(N2CCCCC2C(N)=O)c(Br)c1. The van der Waals surface area contributed by atoms with E-state index < -0.39 is 6.10 Å². The number of benzene rings is 1. The maximum atomic E-state index is 11.5. The highest BCUT2D eigenvalue weighted by atomic mass is 79.9. The molecule has 3 N–H and O–H groups in total. The summed E-state index contributed by atoms with van der Waals surface area (Å²) in [6, 6.07) is 5.49. The molecular weight excluding hydrogens is 308 g/mol. The van der Waals surface area contributed by atoms with Crippen LogP contribution in [-0.2, 0) is 4.79 Å². The highest BCUT2D eigenvalue weighted by Gasteiger charge is 2.28. The summed E-state index contributed by atoms with van der Waals surface area (Å²) >= 11 is 3.52. The summed E-state index contributed by atoms with van der Waals surface area (Å²) in [6.07, 6.45) is 2.40. The predicted octanol–water partition coefficient (Wildman–Crippen LogP) is 2.35. The molecule has 1 aromatic rings. The van der Waals surface area contributed by atoms with E-state index in [1.54, 1.807) is 6.92 Å². The highest BCUT2D eigenvalue weighted by Crippen LogP contribution is 2.33. The predicted molar refractivity (Wildman–Crippen MR) is 79.0 cm³/mol. The van der Waals surface area contributed by atoms with E-state index in [9.17, 15) is 9.90 Å². The van der Waals surface area contributed by atoms with Gasteiger partial charge in [0.2, 0.25) is 5.91 Å². The molecule has 2 atom stereocenters. The molecule has 2 rings (SSSR count). The number of hydrogen-bond donors (Lipinski definition) is 2. The van der Waals surface area contributed by atoms with Gasteiger partial charge in [-0.05, 0) is 59.8 Å². The van der Waals surface area contributed by atoms with Crippen molar-refractivity contribution < 1.29 is 9.90 Å². The molecule has 104 valence electrons. The lowest BCUT2D eigenvalue weighted by Crippen LogP contribution is -2.48. The summed E-state index contributed by atoms with van der Waals surface area (Å²) in [7, 11) is 0. The van der Waals surface area contributed by atoms with E-state index in [0.717, 1.165) is 41.5 Å². The van der Waals surface area contributed by atoms with E-state index in [4.69, 9.17) is 5.73 Å². The second kappa shape index (κ2) is 5.92. The van der Waals surface area contributed by atoms with Gasteiger partial charge in [-0.1, -0.05) is 6.07 Å². The molecule has 0 bridgehead atoms. The Balaban J connectivity index is 2.31. The van der Waals surface area contributed by atoms with Crippen LogP contribution in [0.2, 0.25) is 0 Å². The van der Waals surface area contributed by atoms with Crippen molar-refractivity contribution in [2.24, 2.45) is 5.73 Å². The third kappa shape index (κ3) is 3.09. The van der Waals surface area contributed by atoms with Gasteiger partial charge >= 0.3 is 0 Å². The van der Waals surface area contributed by atoms with Crippen LogP contribution in [0, 0.1) is 0 Å². The number of amides is 1. The van der Waals surface area contributed by atoms with Crippen LogP contribution in [0.25, 0.3) is 0 Å². The van der Waals surface area contributed by atoms with Gasteiger partial charge < -0.3 is 15.7 Å². The Hall–Kier alpha value is -1.07. The molecule has 0 radical (unpaired) electrons. The minimum Gasteiger partial charge on any atom is -0.389 e. The summed E-state index contributed by atoms with van der Waals surface area (Å²) in [5.41, 5.74) is 7.30. The first-order chi connectivity index (χ1) is 9.00. The second-order valence-electron chi connectivity index (χ2n) is 4.99. The largest absolute Gasteiger partial charge is 0.389 e. The number of nitrogens with zero attached hydrogens (tertiary/aromatic N) is 1. The maximum Gasteiger partial charge on any atom is 0.240 e. The molecule has 0 saturated carbocycles. The molecule has 1 heterocycles. The fourth-order valence-corrected chi connectivity index (χ4v) is 3.16. The van der Waals surface area contributed by atoms with E-state index in [0.29, 0.717) is 0 Å². The minimum absolute atomic E-state index is 0.234. The van der Waals surface area contributed by atoms with E-state index in [1.165, 1.54) is 0 Å². The van der Waals surface area contributed by atoms with Crippen LogP contribution in [0.5, 0.6) is 0 Å². The summed E-state index contributed by atoms with van der Waals surface area (Å²) in [5, 5.41) is 9.58. The Bertz CT molecular complexity index is 477. The quantitative estimate of drug-likeness (QED) is 0.895. The van der Waals surface area contributed by atoms with Gasteiger partial charge in [-0.15, -0.1) is 0 Å². The first kappa shape index (κ1) is 14.3. The van der Waals surface area contributed by atoms with E-state index >= 15 is 0 Å². The van der Waals surface area contributed by atoms with Crippen molar-refractivity contribution in [2.45, 2.75) is 38.3 Å². The van der Waals surface area contributed by atoms with Crippen molar-refractivity contribution in [2.75, 3.05) is 11.4 Å². The van der Waals surface area contributed by atoms with Crippen molar-refractivity contribution in [3.8, 4) is 0 Å². The Morgan fingerprint density at radius 2 is 2.26 bits per heavy atom. The molecule has 5 heteroatoms. The number of piperidine rings is 1. The first-order valence-electron chi connectivity index (χ1n) is 6.54. The minimum atomic E-state index is -0.501. The molecule has 0 aliphatic carbocycles. The van der Waals surface area contributed by atoms with Crippen LogP contribution in [0.1, 0.15) is 37.9 Å². The number of rotatable bonds is 3. The monoisotopic (exact) mass is 326 g/mol. The van der Waals surface area contributed by atoms with Gasteiger partial charge in [-0.3, -0.25) is 4.79 Å². The molecule has 1 aromatic carbocycles. The molecular formula is C14H19BrN2O2. The van der Waals surface area contributed by atoms with E-state index in [2.05, 4.69) is 20.8 Å². The number of aliphatic hydroxyl groups excluding tert-OH is 1. The average molecular weight is 327 g/mol. The number of carbonyl (C=O) groups excluding carboxylic acids is 1. The first-order valence-corrected chi connectivity index (χ1v) is 7.33. The number of nitrogens with two attached hydrogens (primary N) is 1. The van der Waals surface area contributed by atoms with Crippen LogP contribution in [0.15, 0.2) is 22.7 Å². The Labute approximate surface area is 121 Å². The average Bonchev–Trinajstić information content (AvgIpc) is 2.38. The summed E-state index contributed by atoms with van der Waals surface area (Å²) in [5.74, 6) is -0.272. The zero-order chi connectivity index (χ0) is 14.0. The van der Waals surface area contributed by atoms with Crippen molar-refractivity contribution in [1.29, 1.82) is 0 Å². The molecule has 1 saturated heterocycles. The molecule has 0 aromatic heterocycles. The second-order valence-corrected chi connectivity index (χ2v) is 5.85. The third-order valence-electron chi connectivity index (χ3n) is 3.59. The number of aliphatic hydroxyl groups is 1. The standard InChI is InChI=1S/C14H19BrN2O2/c1-9(18)10-5-6-12(11(15)8-10)17-7-3-2-4-13(17)14(16)19/h5-6,8-9,13,18H,2-4,7H2,1H3,(H2,16,19). The van der Waals surface area contributed by atoms with Crippen molar-refractivity contribution >= 4 is 27.5 Å². The lowest BCUT2D eigenvalue weighted by molar-refractivity contribution is -0.119. The smallest absolute Gasteiger partial charge is 0.240 e. The topological polar surface area (TPSA) is 66.6 Å². The third-order valence-corrected chi connectivity index (χ3v) is 4.23. The Morgan fingerprint density at radius 1 is 1.53 bits per heavy atom. The Morgan fingerprint density at radius 3 is 2.84 bits per heavy atom. The zero-order valence-corrected chi connectivity index (χ0v) is 12.6. The molecule has 1 fully saturated rings. The molecule has 19 heavy (non-hydrogen) atoms. The molecule has 1 aliphatic heterocycles. The maximum absolute atomic E-state index is 11.5. The van der Waals surface area contributed by atoms with Gasteiger partial charge in [0.25, 0.3) is 0 Å². The zero-order valence-electron chi connectivity index (χ0n) is 11.0. The van der Waals surface area contributed by atoms with Crippen LogP contribution >= 0.6 is 15.9 Å². The van der Waals surface area contributed by atoms with E-state index in [1.807, 2.05) is 18.2 Å². The van der Waals surface area contributed by atoms with Crippen molar-refractivity contribution in [3.05, 3.63) is 28.2 Å². The molecule has 4 nitrogen and oxygen atoms in total. The summed E-state index contributed by atoms with van der Waals surface area (Å²) in [4.78, 5) is 13.6. The van der Waals surface area contributed by atoms with E-state index in [-0.39, 0.29) is 11.9 Å². The Kier molecular flexibility index (Phi) is 4.47. The molecule has 1 amide bonds. The molecule has 1 aliphatic rings. The fraction of sp³-hybridized carbons (Fsp3) is 0.500. The van der Waals surface area contributed by atoms with Crippen LogP contribution in [0.3, 0.4) is 0 Å². The van der Waals surface area contributed by atoms with Gasteiger partial charge in [0.15, 0.2) is 0 Å². The van der Waals surface area contributed by atoms with Crippen LogP contribution < -0.4 is 10.6 Å². The lowest BCUT2D eigenvalue weighted by Gasteiger charge is -2.36. The number of halogens is 1. The van der Waals surface area contributed by atoms with Gasteiger partial charge in [-0.25, -0.2) is 0 Å². The van der Waals surface area contributed by atoms with Gasteiger partial charge in [0, 0.05) is 11.0 Å². The highest BCUT2D eigenvalue weighted by molar-refractivity contribution is 9.10. The number of hydrogen-bond acceptors (Lipinski definition) is 3. The van der Waals surface area contributed by atoms with Gasteiger partial charge in [0.05, 0.1) is 11.8 Å². The summed E-state index contributed by atoms with van der Waals surface area (Å²) < 4.78 is 0.888. The summed E-state index contributed by atoms with van der Waals surface area (Å²) in [6.45, 7) is 2.56. The molecule has 2 unspecified atom stereocenters. The van der Waals surface area contributed by atoms with Gasteiger partial charge in [0.1, 0.15) is 6.04 Å². The van der Waals surface area contributed by atoms with Crippen molar-refractivity contribution in [1.82, 2.24) is 0 Å². The molecule has 0 spiro atoms. The normalized spacial score (nSPS) is 21.2. The fourth-order valence-electron chi connectivity index (χ4n) is 2.53. The lowest BCUT2D eigenvalue weighted by atomic mass is 10.00. The number of carbonyl (C=O) groups is 1. The van der Waals surface area contributed by atoms with Gasteiger partial charge in [-0.2, -0.15) is 0 Å².